The quantitative estimate of drug-likeness (QED) is 0.782. The number of nitrogens with zero attached hydrogens (tertiary/aromatic N) is 1. The van der Waals surface area contributed by atoms with Gasteiger partial charge in [0.25, 0.3) is 0 Å². The van der Waals surface area contributed by atoms with E-state index in [0.717, 1.165) is 11.3 Å². The highest BCUT2D eigenvalue weighted by Gasteiger charge is 2.15. The van der Waals surface area contributed by atoms with Crippen molar-refractivity contribution in [2.75, 3.05) is 18.0 Å². The lowest BCUT2D eigenvalue weighted by atomic mass is 10.0. The molecular weight excluding hydrogens is 227 g/mol. The van der Waals surface area contributed by atoms with Gasteiger partial charge >= 0.3 is 0 Å². The number of aryl methyl sites for hydroxylation is 1. The molecule has 0 fully saturated rings. The van der Waals surface area contributed by atoms with Crippen molar-refractivity contribution >= 4 is 5.69 Å². The minimum atomic E-state index is -0.219. The number of nitrogens with two attached hydrogens (primary N) is 1. The van der Waals surface area contributed by atoms with Gasteiger partial charge in [-0.15, -0.1) is 13.2 Å². The molecule has 3 heteroatoms. The van der Waals surface area contributed by atoms with Crippen molar-refractivity contribution in [1.29, 1.82) is 0 Å². The van der Waals surface area contributed by atoms with Crippen LogP contribution in [-0.2, 0) is 0 Å². The van der Waals surface area contributed by atoms with Crippen LogP contribution in [0, 0.1) is 12.7 Å². The molecule has 0 aliphatic carbocycles. The highest BCUT2D eigenvalue weighted by atomic mass is 19.1. The zero-order valence-corrected chi connectivity index (χ0v) is 11.1. The summed E-state index contributed by atoms with van der Waals surface area (Å²) in [6, 6.07) is 3.14. The van der Waals surface area contributed by atoms with Crippen molar-refractivity contribution in [3.63, 3.8) is 0 Å². The normalized spacial score (nSPS) is 12.0. The van der Waals surface area contributed by atoms with E-state index < -0.39 is 0 Å². The number of rotatable bonds is 6. The molecule has 1 rings (SSSR count). The van der Waals surface area contributed by atoms with Crippen LogP contribution in [0.15, 0.2) is 37.4 Å². The predicted molar refractivity (Wildman–Crippen MR) is 76.3 cm³/mol. The van der Waals surface area contributed by atoms with E-state index in [1.165, 1.54) is 6.07 Å². The van der Waals surface area contributed by atoms with Gasteiger partial charge in [0.15, 0.2) is 0 Å². The summed E-state index contributed by atoms with van der Waals surface area (Å²) in [6.07, 6.45) is 3.63. The average molecular weight is 248 g/mol. The predicted octanol–water partition coefficient (Wildman–Crippen LogP) is 3.33. The highest BCUT2D eigenvalue weighted by Crippen LogP contribution is 2.28. The maximum Gasteiger partial charge on any atom is 0.126 e. The summed E-state index contributed by atoms with van der Waals surface area (Å²) >= 11 is 0. The van der Waals surface area contributed by atoms with Crippen molar-refractivity contribution in [2.45, 2.75) is 19.9 Å². The zero-order valence-electron chi connectivity index (χ0n) is 11.1. The average Bonchev–Trinajstić information content (AvgIpc) is 2.31. The van der Waals surface area contributed by atoms with E-state index >= 15 is 0 Å². The number of halogens is 1. The summed E-state index contributed by atoms with van der Waals surface area (Å²) in [5, 5.41) is 0. The molecule has 0 bridgehead atoms. The minimum Gasteiger partial charge on any atom is -0.364 e. The van der Waals surface area contributed by atoms with E-state index in [1.807, 2.05) is 25.1 Å². The van der Waals surface area contributed by atoms with Crippen molar-refractivity contribution in [3.05, 3.63) is 54.4 Å². The third-order valence-corrected chi connectivity index (χ3v) is 2.84. The van der Waals surface area contributed by atoms with Gasteiger partial charge in [0.05, 0.1) is 0 Å². The summed E-state index contributed by atoms with van der Waals surface area (Å²) in [7, 11) is 0. The first-order valence-electron chi connectivity index (χ1n) is 6.03. The molecule has 2 N–H and O–H groups in total. The van der Waals surface area contributed by atoms with Crippen LogP contribution in [0.5, 0.6) is 0 Å². The first-order chi connectivity index (χ1) is 8.51. The van der Waals surface area contributed by atoms with Gasteiger partial charge in [-0.25, -0.2) is 4.39 Å². The van der Waals surface area contributed by atoms with Crippen LogP contribution < -0.4 is 10.6 Å². The molecule has 1 aromatic carbocycles. The molecule has 1 aromatic rings. The van der Waals surface area contributed by atoms with Gasteiger partial charge < -0.3 is 10.6 Å². The molecular formula is C15H21FN2. The van der Waals surface area contributed by atoms with Crippen molar-refractivity contribution in [1.82, 2.24) is 0 Å². The molecule has 2 nitrogen and oxygen atoms in total. The molecule has 0 aliphatic rings. The molecule has 18 heavy (non-hydrogen) atoms. The maximum absolute atomic E-state index is 13.6. The van der Waals surface area contributed by atoms with Gasteiger partial charge in [0, 0.05) is 24.8 Å². The van der Waals surface area contributed by atoms with Crippen LogP contribution in [0.1, 0.15) is 24.1 Å². The molecule has 1 atom stereocenters. The van der Waals surface area contributed by atoms with Gasteiger partial charge in [0.1, 0.15) is 5.82 Å². The Kier molecular flexibility index (Phi) is 5.10. The smallest absolute Gasteiger partial charge is 0.126 e. The SMILES string of the molecule is C=CCN(CC=C)c1cc(C)c(F)cc1C(C)N. The zero-order chi connectivity index (χ0) is 13.7. The Labute approximate surface area is 109 Å². The van der Waals surface area contributed by atoms with Gasteiger partial charge in [-0.05, 0) is 37.1 Å². The number of hydrogen-bond acceptors (Lipinski definition) is 2. The Bertz CT molecular complexity index is 428. The van der Waals surface area contributed by atoms with E-state index in [-0.39, 0.29) is 11.9 Å². The summed E-state index contributed by atoms with van der Waals surface area (Å²) < 4.78 is 13.6. The number of hydrogen-bond donors (Lipinski definition) is 1. The molecule has 0 aliphatic heterocycles. The first-order valence-corrected chi connectivity index (χ1v) is 6.03. The van der Waals surface area contributed by atoms with Gasteiger partial charge in [-0.3, -0.25) is 0 Å². The Hall–Kier alpha value is -1.61. The van der Waals surface area contributed by atoms with E-state index in [0.29, 0.717) is 18.7 Å². The molecule has 1 unspecified atom stereocenters. The third kappa shape index (κ3) is 3.20. The van der Waals surface area contributed by atoms with E-state index in [9.17, 15) is 4.39 Å². The summed E-state index contributed by atoms with van der Waals surface area (Å²) in [5.41, 5.74) is 8.29. The second-order valence-corrected chi connectivity index (χ2v) is 4.43. The van der Waals surface area contributed by atoms with Crippen LogP contribution in [0.3, 0.4) is 0 Å². The van der Waals surface area contributed by atoms with E-state index in [2.05, 4.69) is 18.1 Å². The van der Waals surface area contributed by atoms with Gasteiger partial charge in [0.2, 0.25) is 0 Å². The molecule has 0 radical (unpaired) electrons. The molecule has 0 saturated heterocycles. The fourth-order valence-electron chi connectivity index (χ4n) is 1.90. The van der Waals surface area contributed by atoms with Gasteiger partial charge in [-0.2, -0.15) is 0 Å². The van der Waals surface area contributed by atoms with Crippen LogP contribution in [0.25, 0.3) is 0 Å². The second kappa shape index (κ2) is 6.36. The standard InChI is InChI=1S/C15H21FN2/c1-5-7-18(8-6-2)15-9-11(3)14(16)10-13(15)12(4)17/h5-6,9-10,12H,1-2,7-8,17H2,3-4H3. The fourth-order valence-corrected chi connectivity index (χ4v) is 1.90. The van der Waals surface area contributed by atoms with Crippen LogP contribution in [-0.4, -0.2) is 13.1 Å². The van der Waals surface area contributed by atoms with Crippen LogP contribution in [0.4, 0.5) is 10.1 Å². The lowest BCUT2D eigenvalue weighted by molar-refractivity contribution is 0.612. The monoisotopic (exact) mass is 248 g/mol. The lowest BCUT2D eigenvalue weighted by Crippen LogP contribution is -2.26. The van der Waals surface area contributed by atoms with Crippen LogP contribution >= 0.6 is 0 Å². The van der Waals surface area contributed by atoms with Crippen molar-refractivity contribution in [3.8, 4) is 0 Å². The largest absolute Gasteiger partial charge is 0.364 e. The molecule has 0 saturated carbocycles. The molecule has 0 aromatic heterocycles. The second-order valence-electron chi connectivity index (χ2n) is 4.43. The fraction of sp³-hybridized carbons (Fsp3) is 0.333. The Balaban J connectivity index is 3.29. The minimum absolute atomic E-state index is 0.216. The number of anilines is 1. The lowest BCUT2D eigenvalue weighted by Gasteiger charge is -2.26. The molecule has 0 heterocycles. The van der Waals surface area contributed by atoms with Crippen molar-refractivity contribution < 1.29 is 4.39 Å². The van der Waals surface area contributed by atoms with Crippen LogP contribution in [0.2, 0.25) is 0 Å². The van der Waals surface area contributed by atoms with Crippen molar-refractivity contribution in [2.24, 2.45) is 5.73 Å². The van der Waals surface area contributed by atoms with Gasteiger partial charge in [-0.1, -0.05) is 12.2 Å². The summed E-state index contributed by atoms with van der Waals surface area (Å²) in [6.45, 7) is 12.4. The Morgan fingerprint density at radius 2 is 1.89 bits per heavy atom. The molecule has 0 spiro atoms. The molecule has 0 amide bonds. The Morgan fingerprint density at radius 3 is 2.33 bits per heavy atom. The van der Waals surface area contributed by atoms with E-state index in [1.54, 1.807) is 6.92 Å². The van der Waals surface area contributed by atoms with E-state index in [4.69, 9.17) is 5.73 Å². The summed E-state index contributed by atoms with van der Waals surface area (Å²) in [5.74, 6) is -0.219. The maximum atomic E-state index is 13.6. The topological polar surface area (TPSA) is 29.3 Å². The highest BCUT2D eigenvalue weighted by molar-refractivity contribution is 5.57. The first kappa shape index (κ1) is 14.5. The third-order valence-electron chi connectivity index (χ3n) is 2.84. The Morgan fingerprint density at radius 1 is 1.33 bits per heavy atom. The molecule has 98 valence electrons. The number of benzene rings is 1. The summed E-state index contributed by atoms with van der Waals surface area (Å²) in [4.78, 5) is 2.07.